The van der Waals surface area contributed by atoms with Crippen LogP contribution in [0, 0.1) is 11.6 Å². The lowest BCUT2D eigenvalue weighted by Crippen LogP contribution is -2.37. The Morgan fingerprint density at radius 3 is 2.50 bits per heavy atom. The fourth-order valence-corrected chi connectivity index (χ4v) is 2.19. The Labute approximate surface area is 135 Å². The van der Waals surface area contributed by atoms with Gasteiger partial charge in [0.1, 0.15) is 10.8 Å². The van der Waals surface area contributed by atoms with Gasteiger partial charge in [-0.2, -0.15) is 0 Å². The van der Waals surface area contributed by atoms with Crippen molar-refractivity contribution < 1.29 is 18.7 Å². The number of nitrogens with one attached hydrogen (secondary N) is 2. The van der Waals surface area contributed by atoms with Gasteiger partial charge in [-0.15, -0.1) is 0 Å². The number of hydrogen-bond acceptors (Lipinski definition) is 2. The number of hydrogen-bond donors (Lipinski definition) is 3. The molecule has 0 aliphatic carbocycles. The second-order valence-electron chi connectivity index (χ2n) is 4.73. The first kappa shape index (κ1) is 16.7. The van der Waals surface area contributed by atoms with Gasteiger partial charge in [0.15, 0.2) is 11.6 Å². The van der Waals surface area contributed by atoms with Crippen LogP contribution in [0.15, 0.2) is 24.3 Å². The number of carbonyl (C=O) groups excluding carboxylic acids is 1. The molecule has 0 aliphatic heterocycles. The highest BCUT2D eigenvalue weighted by Gasteiger charge is 2.21. The second kappa shape index (κ2) is 6.64. The lowest BCUT2D eigenvalue weighted by atomic mass is 10.0. The van der Waals surface area contributed by atoms with Crippen LogP contribution in [0.25, 0.3) is 0 Å². The lowest BCUT2D eigenvalue weighted by Gasteiger charge is -2.20. The third-order valence-electron chi connectivity index (χ3n) is 3.09. The van der Waals surface area contributed by atoms with Crippen LogP contribution in [0.5, 0.6) is 0 Å². The first-order valence-corrected chi connectivity index (χ1v) is 7.03. The molecular weight excluding hydrogens is 337 g/mol. The summed E-state index contributed by atoms with van der Waals surface area (Å²) in [7, 11) is 0. The largest absolute Gasteiger partial charge is 0.386 e. The van der Waals surface area contributed by atoms with Crippen molar-refractivity contribution in [3.63, 3.8) is 0 Å². The number of benzene rings is 1. The van der Waals surface area contributed by atoms with Gasteiger partial charge in [0.25, 0.3) is 5.91 Å². The minimum absolute atomic E-state index is 0.124. The van der Waals surface area contributed by atoms with Crippen molar-refractivity contribution in [3.8, 4) is 0 Å². The first-order valence-electron chi connectivity index (χ1n) is 6.27. The Balaban J connectivity index is 2.08. The molecule has 4 nitrogen and oxygen atoms in total. The van der Waals surface area contributed by atoms with Gasteiger partial charge in [0, 0.05) is 0 Å². The molecule has 2 unspecified atom stereocenters. The Hall–Kier alpha value is -1.63. The van der Waals surface area contributed by atoms with Gasteiger partial charge < -0.3 is 15.4 Å². The number of halogens is 4. The summed E-state index contributed by atoms with van der Waals surface area (Å²) in [5.41, 5.74) is 0.272. The van der Waals surface area contributed by atoms with Crippen LogP contribution in [0.4, 0.5) is 8.78 Å². The summed E-state index contributed by atoms with van der Waals surface area (Å²) in [4.78, 5) is 14.5. The Bertz CT molecular complexity index is 687. The molecule has 0 bridgehead atoms. The predicted molar refractivity (Wildman–Crippen MR) is 79.1 cm³/mol. The SMILES string of the molecule is CC(NC(=O)c1cc(Cl)c(Cl)[nH]1)C(O)c1ccc(F)c(F)c1. The monoisotopic (exact) mass is 348 g/mol. The minimum Gasteiger partial charge on any atom is -0.386 e. The van der Waals surface area contributed by atoms with E-state index < -0.39 is 29.7 Å². The summed E-state index contributed by atoms with van der Waals surface area (Å²) in [6.07, 6.45) is -1.21. The van der Waals surface area contributed by atoms with Crippen LogP contribution in [-0.4, -0.2) is 22.0 Å². The second-order valence-corrected chi connectivity index (χ2v) is 5.51. The van der Waals surface area contributed by atoms with Gasteiger partial charge in [0.05, 0.1) is 17.2 Å². The molecule has 2 atom stereocenters. The highest BCUT2D eigenvalue weighted by atomic mass is 35.5. The number of aromatic amines is 1. The molecular formula is C14H12Cl2F2N2O2. The molecule has 0 radical (unpaired) electrons. The molecule has 1 aromatic heterocycles. The number of aromatic nitrogens is 1. The van der Waals surface area contributed by atoms with E-state index in [9.17, 15) is 18.7 Å². The number of rotatable bonds is 4. The van der Waals surface area contributed by atoms with Crippen LogP contribution in [0.2, 0.25) is 10.2 Å². The minimum atomic E-state index is -1.21. The van der Waals surface area contributed by atoms with Crippen molar-refractivity contribution in [2.45, 2.75) is 19.1 Å². The van der Waals surface area contributed by atoms with E-state index in [4.69, 9.17) is 23.2 Å². The summed E-state index contributed by atoms with van der Waals surface area (Å²) in [6.45, 7) is 1.52. The van der Waals surface area contributed by atoms with Crippen molar-refractivity contribution >= 4 is 29.1 Å². The smallest absolute Gasteiger partial charge is 0.268 e. The van der Waals surface area contributed by atoms with Gasteiger partial charge in [-0.3, -0.25) is 4.79 Å². The predicted octanol–water partition coefficient (Wildman–Crippen LogP) is 3.45. The Kier molecular flexibility index (Phi) is 5.05. The van der Waals surface area contributed by atoms with Crippen molar-refractivity contribution in [2.24, 2.45) is 0 Å². The molecule has 2 rings (SSSR count). The number of aliphatic hydroxyl groups excluding tert-OH is 1. The third-order valence-corrected chi connectivity index (χ3v) is 3.78. The quantitative estimate of drug-likeness (QED) is 0.792. The molecule has 2 aromatic rings. The number of carbonyl (C=O) groups is 1. The van der Waals surface area contributed by atoms with E-state index in [1.165, 1.54) is 19.1 Å². The molecule has 1 aromatic carbocycles. The van der Waals surface area contributed by atoms with Crippen molar-refractivity contribution in [2.75, 3.05) is 0 Å². The van der Waals surface area contributed by atoms with Crippen LogP contribution < -0.4 is 5.32 Å². The molecule has 118 valence electrons. The van der Waals surface area contributed by atoms with Crippen molar-refractivity contribution in [1.29, 1.82) is 0 Å². The number of amides is 1. The third kappa shape index (κ3) is 3.58. The molecule has 0 fully saturated rings. The Morgan fingerprint density at radius 2 is 1.95 bits per heavy atom. The standard InChI is InChI=1S/C14H12Cl2F2N2O2/c1-6(12(21)7-2-3-9(17)10(18)4-7)19-14(22)11-5-8(15)13(16)20-11/h2-6,12,20-21H,1H3,(H,19,22). The van der Waals surface area contributed by atoms with Crippen LogP contribution in [-0.2, 0) is 0 Å². The summed E-state index contributed by atoms with van der Waals surface area (Å²) in [5.74, 6) is -2.62. The zero-order valence-corrected chi connectivity index (χ0v) is 12.8. The molecule has 0 aliphatic rings. The summed E-state index contributed by atoms with van der Waals surface area (Å²) < 4.78 is 26.0. The maximum Gasteiger partial charge on any atom is 0.268 e. The van der Waals surface area contributed by atoms with Gasteiger partial charge in [0.2, 0.25) is 0 Å². The zero-order chi connectivity index (χ0) is 16.4. The molecule has 0 spiro atoms. The topological polar surface area (TPSA) is 65.1 Å². The van der Waals surface area contributed by atoms with Gasteiger partial charge in [-0.25, -0.2) is 8.78 Å². The van der Waals surface area contributed by atoms with Gasteiger partial charge in [-0.05, 0) is 30.7 Å². The Morgan fingerprint density at radius 1 is 1.27 bits per heavy atom. The van der Waals surface area contributed by atoms with Crippen molar-refractivity contribution in [1.82, 2.24) is 10.3 Å². The maximum absolute atomic E-state index is 13.2. The fraction of sp³-hybridized carbons (Fsp3) is 0.214. The van der Waals surface area contributed by atoms with E-state index in [1.54, 1.807) is 0 Å². The van der Waals surface area contributed by atoms with E-state index in [1.807, 2.05) is 0 Å². The number of H-pyrrole nitrogens is 1. The van der Waals surface area contributed by atoms with Crippen LogP contribution in [0.3, 0.4) is 0 Å². The zero-order valence-electron chi connectivity index (χ0n) is 11.3. The normalized spacial score (nSPS) is 13.7. The summed E-state index contributed by atoms with van der Waals surface area (Å²) in [6, 6.07) is 3.63. The van der Waals surface area contributed by atoms with Crippen LogP contribution in [0.1, 0.15) is 29.1 Å². The van der Waals surface area contributed by atoms with Crippen molar-refractivity contribution in [3.05, 3.63) is 57.3 Å². The summed E-state index contributed by atoms with van der Waals surface area (Å²) in [5, 5.41) is 12.9. The van der Waals surface area contributed by atoms with E-state index in [2.05, 4.69) is 10.3 Å². The highest BCUT2D eigenvalue weighted by molar-refractivity contribution is 6.41. The molecule has 1 heterocycles. The maximum atomic E-state index is 13.2. The van der Waals surface area contributed by atoms with E-state index in [0.717, 1.165) is 12.1 Å². The average molecular weight is 349 g/mol. The van der Waals surface area contributed by atoms with E-state index >= 15 is 0 Å². The average Bonchev–Trinajstić information content (AvgIpc) is 2.81. The number of aliphatic hydroxyl groups is 1. The fourth-order valence-electron chi connectivity index (χ4n) is 1.87. The molecule has 0 saturated carbocycles. The molecule has 22 heavy (non-hydrogen) atoms. The highest BCUT2D eigenvalue weighted by Crippen LogP contribution is 2.23. The van der Waals surface area contributed by atoms with Gasteiger partial charge >= 0.3 is 0 Å². The van der Waals surface area contributed by atoms with Gasteiger partial charge in [-0.1, -0.05) is 29.3 Å². The van der Waals surface area contributed by atoms with Crippen LogP contribution >= 0.6 is 23.2 Å². The molecule has 3 N–H and O–H groups in total. The summed E-state index contributed by atoms with van der Waals surface area (Å²) >= 11 is 11.4. The lowest BCUT2D eigenvalue weighted by molar-refractivity contribution is 0.0847. The van der Waals surface area contributed by atoms with E-state index in [-0.39, 0.29) is 21.4 Å². The molecule has 8 heteroatoms. The van der Waals surface area contributed by atoms with E-state index in [0.29, 0.717) is 0 Å². The first-order chi connectivity index (χ1) is 10.3. The molecule has 1 amide bonds. The molecule has 0 saturated heterocycles.